The van der Waals surface area contributed by atoms with Crippen molar-refractivity contribution in [2.45, 2.75) is 32.5 Å². The number of aliphatic hydroxyl groups is 1. The molecule has 1 aliphatic rings. The van der Waals surface area contributed by atoms with Crippen molar-refractivity contribution in [3.8, 4) is 11.1 Å². The summed E-state index contributed by atoms with van der Waals surface area (Å²) in [5.74, 6) is -0.402. The SMILES string of the molecule is Cc1cccc([C@@H](CO)NC(=O)[C@@H](C)N2Cc3ccc(-c4ccnc(Nc5ccnn5C)c4)c(F)c3C2=O)c1. The Hall–Kier alpha value is -4.57. The number of pyridine rings is 1. The first-order valence-electron chi connectivity index (χ1n) is 12.6. The van der Waals surface area contributed by atoms with Crippen LogP contribution in [-0.2, 0) is 18.4 Å². The second-order valence-electron chi connectivity index (χ2n) is 9.62. The zero-order chi connectivity index (χ0) is 27.7. The Morgan fingerprint density at radius 1 is 1.15 bits per heavy atom. The molecule has 9 nitrogen and oxygen atoms in total. The Morgan fingerprint density at radius 2 is 1.97 bits per heavy atom. The van der Waals surface area contributed by atoms with Crippen molar-refractivity contribution in [1.82, 2.24) is 25.0 Å². The lowest BCUT2D eigenvalue weighted by Gasteiger charge is -2.26. The smallest absolute Gasteiger partial charge is 0.258 e. The minimum atomic E-state index is -0.873. The number of carbonyl (C=O) groups excluding carboxylic acids is 2. The van der Waals surface area contributed by atoms with Crippen LogP contribution >= 0.6 is 0 Å². The minimum absolute atomic E-state index is 0.0394. The second kappa shape index (κ2) is 10.7. The Bertz CT molecular complexity index is 1550. The predicted molar refractivity (Wildman–Crippen MR) is 145 cm³/mol. The summed E-state index contributed by atoms with van der Waals surface area (Å²) in [6.07, 6.45) is 3.21. The molecule has 3 N–H and O–H groups in total. The molecular formula is C29H29FN6O3. The number of benzene rings is 2. The maximum absolute atomic E-state index is 15.8. The molecule has 2 aromatic heterocycles. The van der Waals surface area contributed by atoms with Gasteiger partial charge in [0, 0.05) is 31.4 Å². The molecule has 0 aliphatic carbocycles. The third-order valence-electron chi connectivity index (χ3n) is 6.98. The van der Waals surface area contributed by atoms with Crippen molar-refractivity contribution in [3.05, 3.63) is 95.1 Å². The molecule has 2 aromatic carbocycles. The Kier molecular flexibility index (Phi) is 7.12. The first-order chi connectivity index (χ1) is 18.8. The van der Waals surface area contributed by atoms with E-state index in [4.69, 9.17) is 0 Å². The van der Waals surface area contributed by atoms with Gasteiger partial charge in [-0.1, -0.05) is 42.0 Å². The van der Waals surface area contributed by atoms with E-state index in [1.165, 1.54) is 4.90 Å². The van der Waals surface area contributed by atoms with Gasteiger partial charge in [-0.15, -0.1) is 0 Å². The number of rotatable bonds is 8. The second-order valence-corrected chi connectivity index (χ2v) is 9.62. The average molecular weight is 529 g/mol. The van der Waals surface area contributed by atoms with Gasteiger partial charge in [0.25, 0.3) is 5.91 Å². The Morgan fingerprint density at radius 3 is 2.69 bits per heavy atom. The van der Waals surface area contributed by atoms with Crippen LogP contribution in [0.5, 0.6) is 0 Å². The van der Waals surface area contributed by atoms with Crippen molar-refractivity contribution in [2.24, 2.45) is 7.05 Å². The van der Waals surface area contributed by atoms with E-state index in [2.05, 4.69) is 20.7 Å². The number of carbonyl (C=O) groups is 2. The molecule has 0 saturated heterocycles. The highest BCUT2D eigenvalue weighted by Crippen LogP contribution is 2.34. The normalized spacial score (nSPS) is 14.2. The number of aliphatic hydroxyl groups excluding tert-OH is 1. The molecule has 1 aliphatic heterocycles. The van der Waals surface area contributed by atoms with Crippen LogP contribution in [0.2, 0.25) is 0 Å². The van der Waals surface area contributed by atoms with Gasteiger partial charge in [0.1, 0.15) is 23.5 Å². The number of aromatic nitrogens is 3. The highest BCUT2D eigenvalue weighted by molar-refractivity contribution is 6.02. The van der Waals surface area contributed by atoms with E-state index in [1.807, 2.05) is 31.2 Å². The van der Waals surface area contributed by atoms with Crippen LogP contribution in [0.25, 0.3) is 11.1 Å². The number of nitrogens with one attached hydrogen (secondary N) is 2. The summed E-state index contributed by atoms with van der Waals surface area (Å²) >= 11 is 0. The first kappa shape index (κ1) is 26.1. The van der Waals surface area contributed by atoms with Gasteiger partial charge in [0.15, 0.2) is 0 Å². The molecule has 0 bridgehead atoms. The monoisotopic (exact) mass is 528 g/mol. The molecule has 39 heavy (non-hydrogen) atoms. The summed E-state index contributed by atoms with van der Waals surface area (Å²) in [7, 11) is 1.79. The van der Waals surface area contributed by atoms with Crippen LogP contribution in [0.3, 0.4) is 0 Å². The molecule has 200 valence electrons. The van der Waals surface area contributed by atoms with Crippen molar-refractivity contribution in [3.63, 3.8) is 0 Å². The number of fused-ring (bicyclic) bond motifs is 1. The molecule has 2 amide bonds. The number of anilines is 2. The van der Waals surface area contributed by atoms with E-state index >= 15 is 4.39 Å². The molecule has 0 spiro atoms. The fourth-order valence-electron chi connectivity index (χ4n) is 4.76. The Labute approximate surface area is 225 Å². The topological polar surface area (TPSA) is 112 Å². The summed E-state index contributed by atoms with van der Waals surface area (Å²) in [5, 5.41) is 20.0. The van der Waals surface area contributed by atoms with Gasteiger partial charge in [-0.2, -0.15) is 5.10 Å². The molecule has 0 fully saturated rings. The van der Waals surface area contributed by atoms with E-state index in [9.17, 15) is 14.7 Å². The van der Waals surface area contributed by atoms with Crippen LogP contribution in [0, 0.1) is 12.7 Å². The number of nitrogens with zero attached hydrogens (tertiary/aromatic N) is 4. The van der Waals surface area contributed by atoms with Gasteiger partial charge < -0.3 is 20.6 Å². The molecule has 10 heteroatoms. The summed E-state index contributed by atoms with van der Waals surface area (Å²) in [6.45, 7) is 3.34. The van der Waals surface area contributed by atoms with Crippen molar-refractivity contribution in [1.29, 1.82) is 0 Å². The van der Waals surface area contributed by atoms with E-state index in [-0.39, 0.29) is 24.3 Å². The summed E-state index contributed by atoms with van der Waals surface area (Å²) in [6, 6.07) is 14.5. The van der Waals surface area contributed by atoms with Gasteiger partial charge in [0.2, 0.25) is 5.91 Å². The first-order valence-corrected chi connectivity index (χ1v) is 12.6. The number of halogens is 1. The zero-order valence-electron chi connectivity index (χ0n) is 21.9. The largest absolute Gasteiger partial charge is 0.394 e. The molecule has 0 radical (unpaired) electrons. The molecule has 3 heterocycles. The van der Waals surface area contributed by atoms with E-state index in [0.29, 0.717) is 16.9 Å². The lowest BCUT2D eigenvalue weighted by atomic mass is 10.00. The summed E-state index contributed by atoms with van der Waals surface area (Å²) in [4.78, 5) is 32.1. The number of hydrogen-bond donors (Lipinski definition) is 3. The van der Waals surface area contributed by atoms with E-state index in [0.717, 1.165) is 16.9 Å². The maximum atomic E-state index is 15.8. The molecule has 0 saturated carbocycles. The molecule has 0 unspecified atom stereocenters. The van der Waals surface area contributed by atoms with Crippen molar-refractivity contribution in [2.75, 3.05) is 11.9 Å². The van der Waals surface area contributed by atoms with Crippen LogP contribution < -0.4 is 10.6 Å². The summed E-state index contributed by atoms with van der Waals surface area (Å²) in [5.41, 5.74) is 3.05. The van der Waals surface area contributed by atoms with Crippen LogP contribution in [-0.4, -0.2) is 49.2 Å². The average Bonchev–Trinajstić information content (AvgIpc) is 3.49. The predicted octanol–water partition coefficient (Wildman–Crippen LogP) is 3.87. The Balaban J connectivity index is 1.35. The van der Waals surface area contributed by atoms with E-state index in [1.54, 1.807) is 61.4 Å². The van der Waals surface area contributed by atoms with E-state index < -0.39 is 29.7 Å². The third-order valence-corrected chi connectivity index (χ3v) is 6.98. The minimum Gasteiger partial charge on any atom is -0.394 e. The van der Waals surface area contributed by atoms with Crippen molar-refractivity contribution >= 4 is 23.5 Å². The highest BCUT2D eigenvalue weighted by atomic mass is 19.1. The van der Waals surface area contributed by atoms with Gasteiger partial charge in [-0.25, -0.2) is 9.37 Å². The zero-order valence-corrected chi connectivity index (χ0v) is 21.9. The molecule has 4 aromatic rings. The van der Waals surface area contributed by atoms with Crippen LogP contribution in [0.1, 0.15) is 40.0 Å². The number of amides is 2. The van der Waals surface area contributed by atoms with Crippen molar-refractivity contribution < 1.29 is 19.1 Å². The fourth-order valence-corrected chi connectivity index (χ4v) is 4.76. The van der Waals surface area contributed by atoms with Gasteiger partial charge in [0.05, 0.1) is 24.4 Å². The highest BCUT2D eigenvalue weighted by Gasteiger charge is 2.37. The lowest BCUT2D eigenvalue weighted by molar-refractivity contribution is -0.126. The van der Waals surface area contributed by atoms with Gasteiger partial charge in [-0.3, -0.25) is 14.3 Å². The lowest BCUT2D eigenvalue weighted by Crippen LogP contribution is -2.46. The standard InChI is InChI=1S/C29H29FN6O3/c1-17-5-4-6-20(13-17)23(16-37)33-28(38)18(2)36-15-21-7-8-22(27(30)26(21)29(36)39)19-9-11-31-24(14-19)34-25-10-12-32-35(25)3/h4-14,18,23,37H,15-16H2,1-3H3,(H,31,34)(H,33,38)/t18-,23-/m1/s1. The fraction of sp³-hybridized carbons (Fsp3) is 0.241. The van der Waals surface area contributed by atoms with Crippen LogP contribution in [0.15, 0.2) is 67.0 Å². The van der Waals surface area contributed by atoms with Gasteiger partial charge in [-0.05, 0) is 42.7 Å². The summed E-state index contributed by atoms with van der Waals surface area (Å²) < 4.78 is 17.5. The van der Waals surface area contributed by atoms with Crippen LogP contribution in [0.4, 0.5) is 16.0 Å². The molecule has 5 rings (SSSR count). The number of aryl methyl sites for hydroxylation is 2. The maximum Gasteiger partial charge on any atom is 0.258 e. The molecule has 2 atom stereocenters. The molecular weight excluding hydrogens is 499 g/mol. The third kappa shape index (κ3) is 5.10. The van der Waals surface area contributed by atoms with Gasteiger partial charge >= 0.3 is 0 Å². The number of hydrogen-bond acceptors (Lipinski definition) is 6. The quantitative estimate of drug-likeness (QED) is 0.320.